The van der Waals surface area contributed by atoms with Gasteiger partial charge in [0, 0.05) is 31.5 Å². The molecule has 1 amide bonds. The Kier molecular flexibility index (Phi) is 5.25. The molecule has 1 atom stereocenters. The molecule has 0 N–H and O–H groups in total. The van der Waals surface area contributed by atoms with Crippen molar-refractivity contribution in [3.63, 3.8) is 0 Å². The van der Waals surface area contributed by atoms with E-state index in [1.807, 2.05) is 4.90 Å². The van der Waals surface area contributed by atoms with Crippen molar-refractivity contribution in [3.05, 3.63) is 0 Å². The summed E-state index contributed by atoms with van der Waals surface area (Å²) in [5.74, 6) is -0.0325. The number of carbonyl (C=O) groups excluding carboxylic acids is 1. The summed E-state index contributed by atoms with van der Waals surface area (Å²) in [5.41, 5.74) is 0. The Balaban J connectivity index is 1.90. The Labute approximate surface area is 123 Å². The standard InChI is InChI=1S/C12H21BrN2O3S/c13-3-6-14-4-1-5-15(8-7-14)12(16)11-2-9-19(17,18)10-11/h11H,1-10H2. The molecular formula is C12H21BrN2O3S. The fourth-order valence-electron chi connectivity index (χ4n) is 2.78. The number of rotatable bonds is 3. The number of carbonyl (C=O) groups is 1. The van der Waals surface area contributed by atoms with Crippen LogP contribution >= 0.6 is 15.9 Å². The predicted octanol–water partition coefficient (Wildman–Crippen LogP) is 0.350. The molecule has 2 fully saturated rings. The Morgan fingerprint density at radius 2 is 2.00 bits per heavy atom. The molecule has 2 aliphatic rings. The van der Waals surface area contributed by atoms with Crippen LogP contribution in [0.25, 0.3) is 0 Å². The molecule has 19 heavy (non-hydrogen) atoms. The number of alkyl halides is 1. The second-order valence-corrected chi connectivity index (χ2v) is 8.33. The van der Waals surface area contributed by atoms with Gasteiger partial charge in [-0.25, -0.2) is 8.42 Å². The molecule has 2 heterocycles. The lowest BCUT2D eigenvalue weighted by atomic mass is 10.1. The highest BCUT2D eigenvalue weighted by atomic mass is 79.9. The average Bonchev–Trinajstić information content (AvgIpc) is 2.59. The second kappa shape index (κ2) is 6.54. The van der Waals surface area contributed by atoms with Gasteiger partial charge in [0.15, 0.2) is 9.84 Å². The van der Waals surface area contributed by atoms with Crippen molar-refractivity contribution in [2.24, 2.45) is 5.92 Å². The van der Waals surface area contributed by atoms with Crippen LogP contribution in [-0.4, -0.2) is 73.7 Å². The van der Waals surface area contributed by atoms with Crippen LogP contribution in [0, 0.1) is 5.92 Å². The van der Waals surface area contributed by atoms with Crippen LogP contribution in [-0.2, 0) is 14.6 Å². The molecule has 2 saturated heterocycles. The maximum absolute atomic E-state index is 12.3. The molecule has 0 aromatic rings. The molecule has 110 valence electrons. The van der Waals surface area contributed by atoms with E-state index >= 15 is 0 Å². The predicted molar refractivity (Wildman–Crippen MR) is 78.2 cm³/mol. The fourth-order valence-corrected chi connectivity index (χ4v) is 5.02. The summed E-state index contributed by atoms with van der Waals surface area (Å²) in [7, 11) is -2.97. The Bertz CT molecular complexity index is 427. The Hall–Kier alpha value is -0.140. The number of hydrogen-bond acceptors (Lipinski definition) is 4. The van der Waals surface area contributed by atoms with Crippen LogP contribution < -0.4 is 0 Å². The van der Waals surface area contributed by atoms with E-state index in [0.717, 1.165) is 44.5 Å². The van der Waals surface area contributed by atoms with Gasteiger partial charge in [-0.2, -0.15) is 0 Å². The fraction of sp³-hybridized carbons (Fsp3) is 0.917. The zero-order valence-electron chi connectivity index (χ0n) is 11.1. The molecule has 0 bridgehead atoms. The summed E-state index contributed by atoms with van der Waals surface area (Å²) in [5, 5.41) is 0.946. The van der Waals surface area contributed by atoms with Crippen LogP contribution in [0.3, 0.4) is 0 Å². The molecule has 1 unspecified atom stereocenters. The van der Waals surface area contributed by atoms with E-state index in [2.05, 4.69) is 20.8 Å². The van der Waals surface area contributed by atoms with E-state index in [0.29, 0.717) is 6.42 Å². The quantitative estimate of drug-likeness (QED) is 0.687. The van der Waals surface area contributed by atoms with Gasteiger partial charge in [0.2, 0.25) is 5.91 Å². The van der Waals surface area contributed by atoms with Crippen molar-refractivity contribution in [1.82, 2.24) is 9.80 Å². The van der Waals surface area contributed by atoms with Gasteiger partial charge in [0.05, 0.1) is 17.4 Å². The van der Waals surface area contributed by atoms with Crippen LogP contribution in [0.2, 0.25) is 0 Å². The molecule has 0 radical (unpaired) electrons. The van der Waals surface area contributed by atoms with E-state index in [9.17, 15) is 13.2 Å². The van der Waals surface area contributed by atoms with Gasteiger partial charge >= 0.3 is 0 Å². The first-order valence-corrected chi connectivity index (χ1v) is 9.73. The first-order valence-electron chi connectivity index (χ1n) is 6.79. The summed E-state index contributed by atoms with van der Waals surface area (Å²) in [6, 6.07) is 0. The maximum Gasteiger partial charge on any atom is 0.226 e. The minimum absolute atomic E-state index is 0.0433. The third-order valence-electron chi connectivity index (χ3n) is 3.88. The number of nitrogens with zero attached hydrogens (tertiary/aromatic N) is 2. The highest BCUT2D eigenvalue weighted by Crippen LogP contribution is 2.21. The van der Waals surface area contributed by atoms with Gasteiger partial charge in [-0.15, -0.1) is 0 Å². The lowest BCUT2D eigenvalue weighted by Gasteiger charge is -2.23. The maximum atomic E-state index is 12.3. The average molecular weight is 353 g/mol. The number of hydrogen-bond donors (Lipinski definition) is 0. The summed E-state index contributed by atoms with van der Waals surface area (Å²) < 4.78 is 22.9. The molecule has 0 spiro atoms. The van der Waals surface area contributed by atoms with E-state index in [1.165, 1.54) is 0 Å². The van der Waals surface area contributed by atoms with E-state index in [-0.39, 0.29) is 23.3 Å². The lowest BCUT2D eigenvalue weighted by molar-refractivity contribution is -0.134. The van der Waals surface area contributed by atoms with Gasteiger partial charge < -0.3 is 9.80 Å². The van der Waals surface area contributed by atoms with Gasteiger partial charge in [-0.3, -0.25) is 4.79 Å². The highest BCUT2D eigenvalue weighted by Gasteiger charge is 2.35. The van der Waals surface area contributed by atoms with Crippen molar-refractivity contribution in [1.29, 1.82) is 0 Å². The van der Waals surface area contributed by atoms with Gasteiger partial charge in [-0.05, 0) is 19.4 Å². The molecule has 0 aromatic heterocycles. The molecule has 0 saturated carbocycles. The van der Waals surface area contributed by atoms with E-state index in [4.69, 9.17) is 0 Å². The minimum Gasteiger partial charge on any atom is -0.341 e. The van der Waals surface area contributed by atoms with Crippen molar-refractivity contribution >= 4 is 31.7 Å². The topological polar surface area (TPSA) is 57.7 Å². The summed E-state index contributed by atoms with van der Waals surface area (Å²) in [6.07, 6.45) is 1.47. The Morgan fingerprint density at radius 1 is 1.21 bits per heavy atom. The van der Waals surface area contributed by atoms with Crippen molar-refractivity contribution in [2.45, 2.75) is 12.8 Å². The third kappa shape index (κ3) is 4.16. The van der Waals surface area contributed by atoms with E-state index in [1.54, 1.807) is 0 Å². The van der Waals surface area contributed by atoms with Crippen molar-refractivity contribution in [2.75, 3.05) is 49.6 Å². The minimum atomic E-state index is -2.97. The second-order valence-electron chi connectivity index (χ2n) is 5.31. The van der Waals surface area contributed by atoms with Crippen LogP contribution in [0.4, 0.5) is 0 Å². The van der Waals surface area contributed by atoms with Gasteiger partial charge in [0.25, 0.3) is 0 Å². The lowest BCUT2D eigenvalue weighted by Crippen LogP contribution is -2.39. The molecule has 0 aliphatic carbocycles. The summed E-state index contributed by atoms with van der Waals surface area (Å²) in [4.78, 5) is 16.5. The zero-order valence-corrected chi connectivity index (χ0v) is 13.5. The molecular weight excluding hydrogens is 332 g/mol. The first kappa shape index (κ1) is 15.3. The first-order chi connectivity index (χ1) is 9.02. The van der Waals surface area contributed by atoms with Gasteiger partial charge in [-0.1, -0.05) is 15.9 Å². The molecule has 0 aromatic carbocycles. The molecule has 5 nitrogen and oxygen atoms in total. The third-order valence-corrected chi connectivity index (χ3v) is 6.01. The zero-order chi connectivity index (χ0) is 13.9. The smallest absolute Gasteiger partial charge is 0.226 e. The van der Waals surface area contributed by atoms with Crippen LogP contribution in [0.5, 0.6) is 0 Å². The SMILES string of the molecule is O=C(C1CCS(=O)(=O)C1)N1CCCN(CCBr)CC1. The van der Waals surface area contributed by atoms with E-state index < -0.39 is 9.84 Å². The van der Waals surface area contributed by atoms with Crippen LogP contribution in [0.1, 0.15) is 12.8 Å². The molecule has 2 aliphatic heterocycles. The van der Waals surface area contributed by atoms with Crippen LogP contribution in [0.15, 0.2) is 0 Å². The number of halogens is 1. The number of sulfone groups is 1. The molecule has 7 heteroatoms. The largest absolute Gasteiger partial charge is 0.341 e. The monoisotopic (exact) mass is 352 g/mol. The number of amides is 1. The summed E-state index contributed by atoms with van der Waals surface area (Å²) in [6.45, 7) is 4.38. The summed E-state index contributed by atoms with van der Waals surface area (Å²) >= 11 is 3.43. The normalized spacial score (nSPS) is 28.3. The van der Waals surface area contributed by atoms with Gasteiger partial charge in [0.1, 0.15) is 0 Å². The Morgan fingerprint density at radius 3 is 2.63 bits per heavy atom. The van der Waals surface area contributed by atoms with Crippen molar-refractivity contribution in [3.8, 4) is 0 Å². The highest BCUT2D eigenvalue weighted by molar-refractivity contribution is 9.09. The molecule has 2 rings (SSSR count). The van der Waals surface area contributed by atoms with Crippen molar-refractivity contribution < 1.29 is 13.2 Å².